The summed E-state index contributed by atoms with van der Waals surface area (Å²) < 4.78 is 5.03. The number of benzene rings is 1. The first-order valence-electron chi connectivity index (χ1n) is 4.74. The van der Waals surface area contributed by atoms with Crippen molar-refractivity contribution in [2.75, 3.05) is 7.11 Å². The Morgan fingerprint density at radius 2 is 2.06 bits per heavy atom. The number of carbonyl (C=O) groups is 1. The number of ether oxygens (including phenoxy) is 1. The first kappa shape index (κ1) is 12.4. The minimum absolute atomic E-state index is 0.130. The van der Waals surface area contributed by atoms with Crippen LogP contribution >= 0.6 is 34.5 Å². The maximum Gasteiger partial charge on any atom is 0.204 e. The standard InChI is InChI=1S/C12H8Cl2O2S/c1-16-10-6-8(13)7(5-9(10)14)12(15)11-3-2-4-17-11/h2-6H,1H3. The Kier molecular flexibility index (Phi) is 3.72. The van der Waals surface area contributed by atoms with Gasteiger partial charge in [0, 0.05) is 11.6 Å². The van der Waals surface area contributed by atoms with Crippen LogP contribution in [0.2, 0.25) is 10.0 Å². The number of ketones is 1. The molecule has 1 heterocycles. The second kappa shape index (κ2) is 5.08. The summed E-state index contributed by atoms with van der Waals surface area (Å²) in [5.41, 5.74) is 0.389. The van der Waals surface area contributed by atoms with Crippen LogP contribution in [-0.2, 0) is 0 Å². The first-order chi connectivity index (χ1) is 8.13. The van der Waals surface area contributed by atoms with Gasteiger partial charge in [-0.3, -0.25) is 4.79 Å². The normalized spacial score (nSPS) is 10.3. The summed E-state index contributed by atoms with van der Waals surface area (Å²) in [7, 11) is 1.50. The fourth-order valence-electron chi connectivity index (χ4n) is 1.40. The second-order valence-electron chi connectivity index (χ2n) is 3.27. The number of carbonyl (C=O) groups excluding carboxylic acids is 1. The highest BCUT2D eigenvalue weighted by atomic mass is 35.5. The molecular weight excluding hydrogens is 279 g/mol. The van der Waals surface area contributed by atoms with Gasteiger partial charge in [0.25, 0.3) is 0 Å². The fourth-order valence-corrected chi connectivity index (χ4v) is 2.56. The molecule has 5 heteroatoms. The van der Waals surface area contributed by atoms with E-state index in [0.717, 1.165) is 0 Å². The third-order valence-electron chi connectivity index (χ3n) is 2.23. The van der Waals surface area contributed by atoms with Gasteiger partial charge in [0.15, 0.2) is 0 Å². The lowest BCUT2D eigenvalue weighted by molar-refractivity contribution is 0.104. The van der Waals surface area contributed by atoms with Gasteiger partial charge in [-0.25, -0.2) is 0 Å². The van der Waals surface area contributed by atoms with Crippen LogP contribution in [0.5, 0.6) is 5.75 Å². The zero-order chi connectivity index (χ0) is 12.4. The number of methoxy groups -OCH3 is 1. The van der Waals surface area contributed by atoms with Crippen molar-refractivity contribution in [2.45, 2.75) is 0 Å². The molecule has 17 heavy (non-hydrogen) atoms. The zero-order valence-corrected chi connectivity index (χ0v) is 11.2. The summed E-state index contributed by atoms with van der Waals surface area (Å²) in [6.07, 6.45) is 0. The third kappa shape index (κ3) is 2.46. The van der Waals surface area contributed by atoms with Crippen molar-refractivity contribution < 1.29 is 9.53 Å². The highest BCUT2D eigenvalue weighted by Crippen LogP contribution is 2.32. The van der Waals surface area contributed by atoms with E-state index in [2.05, 4.69) is 0 Å². The van der Waals surface area contributed by atoms with Crippen molar-refractivity contribution in [1.82, 2.24) is 0 Å². The molecule has 0 amide bonds. The van der Waals surface area contributed by atoms with Gasteiger partial charge in [-0.1, -0.05) is 29.3 Å². The molecule has 2 aromatic rings. The van der Waals surface area contributed by atoms with E-state index >= 15 is 0 Å². The van der Waals surface area contributed by atoms with E-state index in [4.69, 9.17) is 27.9 Å². The Hall–Kier alpha value is -1.03. The van der Waals surface area contributed by atoms with Gasteiger partial charge in [-0.05, 0) is 17.5 Å². The summed E-state index contributed by atoms with van der Waals surface area (Å²) >= 11 is 13.4. The zero-order valence-electron chi connectivity index (χ0n) is 8.87. The van der Waals surface area contributed by atoms with Crippen LogP contribution in [0.15, 0.2) is 29.6 Å². The number of hydrogen-bond donors (Lipinski definition) is 0. The minimum atomic E-state index is -0.130. The molecule has 0 atom stereocenters. The van der Waals surface area contributed by atoms with Crippen LogP contribution in [0.3, 0.4) is 0 Å². The summed E-state index contributed by atoms with van der Waals surface area (Å²) in [6, 6.07) is 6.65. The molecule has 2 rings (SSSR count). The van der Waals surface area contributed by atoms with Gasteiger partial charge >= 0.3 is 0 Å². The molecular formula is C12H8Cl2O2S. The van der Waals surface area contributed by atoms with Gasteiger partial charge in [-0.15, -0.1) is 11.3 Å². The van der Waals surface area contributed by atoms with Crippen LogP contribution in [0.4, 0.5) is 0 Å². The molecule has 0 fully saturated rings. The smallest absolute Gasteiger partial charge is 0.204 e. The molecule has 0 aliphatic carbocycles. The van der Waals surface area contributed by atoms with E-state index in [1.165, 1.54) is 24.5 Å². The number of halogens is 2. The molecule has 0 unspecified atom stereocenters. The number of thiophene rings is 1. The summed E-state index contributed by atoms with van der Waals surface area (Å²) in [4.78, 5) is 12.7. The van der Waals surface area contributed by atoms with Crippen molar-refractivity contribution >= 4 is 40.3 Å². The van der Waals surface area contributed by atoms with Crippen LogP contribution in [-0.4, -0.2) is 12.9 Å². The van der Waals surface area contributed by atoms with Gasteiger partial charge in [0.2, 0.25) is 5.78 Å². The maximum absolute atomic E-state index is 12.1. The van der Waals surface area contributed by atoms with Crippen molar-refractivity contribution in [3.05, 3.63) is 50.1 Å². The Labute approximate surface area is 113 Å². The summed E-state index contributed by atoms with van der Waals surface area (Å²) in [5, 5.41) is 2.55. The van der Waals surface area contributed by atoms with E-state index < -0.39 is 0 Å². The molecule has 0 aliphatic rings. The molecule has 0 aliphatic heterocycles. The lowest BCUT2D eigenvalue weighted by Gasteiger charge is -2.07. The first-order valence-corrected chi connectivity index (χ1v) is 6.38. The molecule has 0 N–H and O–H groups in total. The highest BCUT2D eigenvalue weighted by Gasteiger charge is 2.16. The van der Waals surface area contributed by atoms with Gasteiger partial charge in [-0.2, -0.15) is 0 Å². The predicted octanol–water partition coefficient (Wildman–Crippen LogP) is 4.29. The summed E-state index contributed by atoms with van der Waals surface area (Å²) in [5.74, 6) is 0.328. The topological polar surface area (TPSA) is 26.3 Å². The van der Waals surface area contributed by atoms with Gasteiger partial charge in [0.05, 0.1) is 22.0 Å². The lowest BCUT2D eigenvalue weighted by Crippen LogP contribution is -2.00. The SMILES string of the molecule is COc1cc(Cl)c(C(=O)c2cccs2)cc1Cl. The Bertz CT molecular complexity index is 550. The van der Waals surface area contributed by atoms with Crippen molar-refractivity contribution in [3.63, 3.8) is 0 Å². The molecule has 0 saturated carbocycles. The highest BCUT2D eigenvalue weighted by molar-refractivity contribution is 7.12. The van der Waals surface area contributed by atoms with Crippen LogP contribution < -0.4 is 4.74 Å². The average molecular weight is 287 g/mol. The van der Waals surface area contributed by atoms with E-state index in [1.54, 1.807) is 12.1 Å². The maximum atomic E-state index is 12.1. The lowest BCUT2D eigenvalue weighted by atomic mass is 10.1. The fraction of sp³-hybridized carbons (Fsp3) is 0.0833. The second-order valence-corrected chi connectivity index (χ2v) is 5.04. The van der Waals surface area contributed by atoms with Gasteiger partial charge in [0.1, 0.15) is 5.75 Å². The van der Waals surface area contributed by atoms with E-state index in [1.807, 2.05) is 11.4 Å². The predicted molar refractivity (Wildman–Crippen MR) is 70.8 cm³/mol. The Morgan fingerprint density at radius 1 is 1.29 bits per heavy atom. The van der Waals surface area contributed by atoms with Gasteiger partial charge < -0.3 is 4.74 Å². The van der Waals surface area contributed by atoms with E-state index in [9.17, 15) is 4.79 Å². The third-order valence-corrected chi connectivity index (χ3v) is 3.71. The van der Waals surface area contributed by atoms with E-state index in [0.29, 0.717) is 26.2 Å². The quantitative estimate of drug-likeness (QED) is 0.787. The molecule has 0 bridgehead atoms. The summed E-state index contributed by atoms with van der Waals surface area (Å²) in [6.45, 7) is 0. The molecule has 1 aromatic heterocycles. The molecule has 0 spiro atoms. The van der Waals surface area contributed by atoms with Crippen LogP contribution in [0, 0.1) is 0 Å². The monoisotopic (exact) mass is 286 g/mol. The van der Waals surface area contributed by atoms with Crippen molar-refractivity contribution in [2.24, 2.45) is 0 Å². The molecule has 88 valence electrons. The van der Waals surface area contributed by atoms with E-state index in [-0.39, 0.29) is 5.78 Å². The Balaban J connectivity index is 2.46. The number of rotatable bonds is 3. The Morgan fingerprint density at radius 3 is 2.65 bits per heavy atom. The molecule has 2 nitrogen and oxygen atoms in total. The molecule has 1 aromatic carbocycles. The molecule has 0 saturated heterocycles. The molecule has 0 radical (unpaired) electrons. The van der Waals surface area contributed by atoms with Crippen molar-refractivity contribution in [3.8, 4) is 5.75 Å². The van der Waals surface area contributed by atoms with Crippen LogP contribution in [0.25, 0.3) is 0 Å². The number of hydrogen-bond acceptors (Lipinski definition) is 3. The van der Waals surface area contributed by atoms with Crippen LogP contribution in [0.1, 0.15) is 15.2 Å². The minimum Gasteiger partial charge on any atom is -0.495 e. The van der Waals surface area contributed by atoms with Crippen molar-refractivity contribution in [1.29, 1.82) is 0 Å². The largest absolute Gasteiger partial charge is 0.495 e. The average Bonchev–Trinajstić information content (AvgIpc) is 2.84.